The van der Waals surface area contributed by atoms with Crippen LogP contribution < -0.4 is 4.90 Å². The molecule has 1 aliphatic heterocycles. The molecule has 3 heterocycles. The number of aliphatic hydroxyl groups excluding tert-OH is 1. The van der Waals surface area contributed by atoms with Gasteiger partial charge in [-0.25, -0.2) is 9.97 Å². The summed E-state index contributed by atoms with van der Waals surface area (Å²) in [4.78, 5) is 14.7. The van der Waals surface area contributed by atoms with Gasteiger partial charge in [0.25, 0.3) is 0 Å². The van der Waals surface area contributed by atoms with Crippen LogP contribution in [0.15, 0.2) is 5.16 Å². The van der Waals surface area contributed by atoms with Gasteiger partial charge in [0.1, 0.15) is 10.6 Å². The summed E-state index contributed by atoms with van der Waals surface area (Å²) in [5.41, 5.74) is 1.50. The minimum absolute atomic E-state index is 0.148. The smallest absolute Gasteiger partial charge is 0.190 e. The van der Waals surface area contributed by atoms with Gasteiger partial charge in [-0.3, -0.25) is 0 Å². The van der Waals surface area contributed by atoms with Crippen LogP contribution >= 0.6 is 23.1 Å². The third-order valence-electron chi connectivity index (χ3n) is 4.72. The van der Waals surface area contributed by atoms with Crippen molar-refractivity contribution in [2.24, 2.45) is 0 Å². The molecule has 1 N–H and O–H groups in total. The molecule has 0 amide bonds. The zero-order valence-corrected chi connectivity index (χ0v) is 14.5. The molecule has 1 saturated heterocycles. The monoisotopic (exact) mass is 335 g/mol. The Bertz CT molecular complexity index is 692. The van der Waals surface area contributed by atoms with Crippen LogP contribution in [0.25, 0.3) is 10.2 Å². The van der Waals surface area contributed by atoms with Gasteiger partial charge >= 0.3 is 0 Å². The second-order valence-electron chi connectivity index (χ2n) is 6.14. The molecule has 0 atom stereocenters. The molecule has 2 aromatic heterocycles. The molecule has 2 aromatic rings. The van der Waals surface area contributed by atoms with Crippen LogP contribution in [0.5, 0.6) is 0 Å². The Morgan fingerprint density at radius 1 is 1.18 bits per heavy atom. The van der Waals surface area contributed by atoms with Gasteiger partial charge in [-0.15, -0.1) is 11.3 Å². The third-order valence-corrected chi connectivity index (χ3v) is 6.46. The van der Waals surface area contributed by atoms with Crippen molar-refractivity contribution in [3.8, 4) is 0 Å². The maximum Gasteiger partial charge on any atom is 0.190 e. The Hall–Kier alpha value is -0.850. The lowest BCUT2D eigenvalue weighted by Gasteiger charge is -2.31. The van der Waals surface area contributed by atoms with Crippen molar-refractivity contribution in [2.75, 3.05) is 24.2 Å². The van der Waals surface area contributed by atoms with Crippen LogP contribution in [0.2, 0.25) is 0 Å². The SMILES string of the molecule is CSc1nc(N2CCC(O)CC2)c2c3c(sc2n1)CCCC3. The molecule has 0 bridgehead atoms. The number of aliphatic hydroxyl groups is 1. The zero-order valence-electron chi connectivity index (χ0n) is 12.8. The van der Waals surface area contributed by atoms with Crippen molar-refractivity contribution in [3.63, 3.8) is 0 Å². The van der Waals surface area contributed by atoms with E-state index in [1.165, 1.54) is 41.5 Å². The maximum absolute atomic E-state index is 9.78. The summed E-state index contributed by atoms with van der Waals surface area (Å²) in [7, 11) is 0. The van der Waals surface area contributed by atoms with Crippen LogP contribution in [0.3, 0.4) is 0 Å². The normalized spacial score (nSPS) is 19.6. The van der Waals surface area contributed by atoms with E-state index in [-0.39, 0.29) is 6.10 Å². The molecule has 4 rings (SSSR count). The Kier molecular flexibility index (Phi) is 4.00. The molecule has 4 nitrogen and oxygen atoms in total. The fourth-order valence-electron chi connectivity index (χ4n) is 3.52. The largest absolute Gasteiger partial charge is 0.393 e. The molecule has 22 heavy (non-hydrogen) atoms. The van der Waals surface area contributed by atoms with Gasteiger partial charge in [-0.1, -0.05) is 11.8 Å². The average Bonchev–Trinajstić information content (AvgIpc) is 2.93. The predicted molar refractivity (Wildman–Crippen MR) is 93.3 cm³/mol. The van der Waals surface area contributed by atoms with E-state index in [2.05, 4.69) is 4.90 Å². The van der Waals surface area contributed by atoms with Crippen LogP contribution in [0.4, 0.5) is 5.82 Å². The highest BCUT2D eigenvalue weighted by Gasteiger charge is 2.26. The van der Waals surface area contributed by atoms with Gasteiger partial charge in [-0.05, 0) is 50.3 Å². The first-order valence-electron chi connectivity index (χ1n) is 8.05. The minimum Gasteiger partial charge on any atom is -0.393 e. The van der Waals surface area contributed by atoms with Gasteiger partial charge in [-0.2, -0.15) is 0 Å². The fraction of sp³-hybridized carbons (Fsp3) is 0.625. The molecule has 118 valence electrons. The summed E-state index contributed by atoms with van der Waals surface area (Å²) in [6.45, 7) is 1.79. The zero-order chi connectivity index (χ0) is 15.1. The number of thiophene rings is 1. The minimum atomic E-state index is -0.148. The van der Waals surface area contributed by atoms with E-state index < -0.39 is 0 Å². The van der Waals surface area contributed by atoms with E-state index >= 15 is 0 Å². The summed E-state index contributed by atoms with van der Waals surface area (Å²) in [5.74, 6) is 1.11. The highest BCUT2D eigenvalue weighted by Crippen LogP contribution is 2.40. The molecule has 2 aliphatic rings. The highest BCUT2D eigenvalue weighted by atomic mass is 32.2. The Morgan fingerprint density at radius 2 is 1.95 bits per heavy atom. The Labute approximate surface area is 139 Å². The molecule has 1 aliphatic carbocycles. The molecule has 1 fully saturated rings. The van der Waals surface area contributed by atoms with Crippen LogP contribution in [-0.4, -0.2) is 40.5 Å². The second-order valence-corrected chi connectivity index (χ2v) is 8.00. The number of nitrogens with zero attached hydrogens (tertiary/aromatic N) is 3. The molecule has 6 heteroatoms. The fourth-order valence-corrected chi connectivity index (χ4v) is 5.19. The van der Waals surface area contributed by atoms with Crippen LogP contribution in [0.1, 0.15) is 36.1 Å². The van der Waals surface area contributed by atoms with E-state index in [1.54, 1.807) is 11.8 Å². The molecule has 0 spiro atoms. The van der Waals surface area contributed by atoms with Crippen LogP contribution in [0, 0.1) is 0 Å². The number of rotatable bonds is 2. The van der Waals surface area contributed by atoms with Crippen molar-refractivity contribution >= 4 is 39.1 Å². The Morgan fingerprint density at radius 3 is 2.73 bits per heavy atom. The average molecular weight is 335 g/mol. The number of aromatic nitrogens is 2. The number of aryl methyl sites for hydroxylation is 2. The summed E-state index contributed by atoms with van der Waals surface area (Å²) in [6.07, 6.45) is 8.51. The summed E-state index contributed by atoms with van der Waals surface area (Å²) >= 11 is 3.48. The van der Waals surface area contributed by atoms with E-state index in [0.717, 1.165) is 41.7 Å². The lowest BCUT2D eigenvalue weighted by molar-refractivity contribution is 0.145. The van der Waals surface area contributed by atoms with E-state index in [4.69, 9.17) is 9.97 Å². The summed E-state index contributed by atoms with van der Waals surface area (Å²) < 4.78 is 0. The first kappa shape index (κ1) is 14.7. The van der Waals surface area contributed by atoms with E-state index in [9.17, 15) is 5.11 Å². The van der Waals surface area contributed by atoms with Crippen molar-refractivity contribution in [1.29, 1.82) is 0 Å². The number of anilines is 1. The number of fused-ring (bicyclic) bond motifs is 3. The number of piperidine rings is 1. The first-order valence-corrected chi connectivity index (χ1v) is 10.1. The summed E-state index contributed by atoms with van der Waals surface area (Å²) in [6, 6.07) is 0. The quantitative estimate of drug-likeness (QED) is 0.674. The topological polar surface area (TPSA) is 49.2 Å². The van der Waals surface area contributed by atoms with E-state index in [1.807, 2.05) is 17.6 Å². The van der Waals surface area contributed by atoms with Gasteiger partial charge in [0.05, 0.1) is 11.5 Å². The number of thioether (sulfide) groups is 1. The standard InChI is InChI=1S/C16H21N3OS2/c1-21-16-17-14(19-8-6-10(20)7-9-19)13-11-4-2-3-5-12(11)22-15(13)18-16/h10,20H,2-9H2,1H3. The molecule has 0 unspecified atom stereocenters. The third kappa shape index (κ3) is 2.51. The predicted octanol–water partition coefficient (Wildman–Crippen LogP) is 3.25. The molecule has 0 saturated carbocycles. The lowest BCUT2D eigenvalue weighted by atomic mass is 9.96. The van der Waals surface area contributed by atoms with Crippen molar-refractivity contribution in [2.45, 2.75) is 49.8 Å². The van der Waals surface area contributed by atoms with E-state index in [0.29, 0.717) is 0 Å². The highest BCUT2D eigenvalue weighted by molar-refractivity contribution is 7.98. The van der Waals surface area contributed by atoms with Crippen LogP contribution in [-0.2, 0) is 12.8 Å². The maximum atomic E-state index is 9.78. The molecular formula is C16H21N3OS2. The molecule has 0 radical (unpaired) electrons. The number of hydrogen-bond donors (Lipinski definition) is 1. The van der Waals surface area contributed by atoms with Crippen molar-refractivity contribution in [3.05, 3.63) is 10.4 Å². The lowest BCUT2D eigenvalue weighted by Crippen LogP contribution is -2.36. The molecular weight excluding hydrogens is 314 g/mol. The molecule has 0 aromatic carbocycles. The van der Waals surface area contributed by atoms with Crippen molar-refractivity contribution < 1.29 is 5.11 Å². The van der Waals surface area contributed by atoms with Gasteiger partial charge in [0.15, 0.2) is 5.16 Å². The van der Waals surface area contributed by atoms with Gasteiger partial charge in [0, 0.05) is 18.0 Å². The Balaban J connectivity index is 1.85. The second kappa shape index (κ2) is 5.98. The summed E-state index contributed by atoms with van der Waals surface area (Å²) in [5, 5.41) is 11.9. The van der Waals surface area contributed by atoms with Gasteiger partial charge in [0.2, 0.25) is 0 Å². The number of hydrogen-bond acceptors (Lipinski definition) is 6. The first-order chi connectivity index (χ1) is 10.8. The van der Waals surface area contributed by atoms with Gasteiger partial charge < -0.3 is 10.0 Å². The van der Waals surface area contributed by atoms with Crippen molar-refractivity contribution in [1.82, 2.24) is 9.97 Å².